The van der Waals surface area contributed by atoms with E-state index < -0.39 is 10.0 Å². The van der Waals surface area contributed by atoms with Crippen LogP contribution in [-0.2, 0) is 16.4 Å². The van der Waals surface area contributed by atoms with Crippen molar-refractivity contribution in [3.8, 4) is 0 Å². The van der Waals surface area contributed by atoms with Gasteiger partial charge in [-0.25, -0.2) is 18.1 Å². The topological polar surface area (TPSA) is 65.5 Å². The molecule has 1 aliphatic rings. The molecule has 0 saturated carbocycles. The van der Waals surface area contributed by atoms with Crippen molar-refractivity contribution >= 4 is 61.0 Å². The lowest BCUT2D eigenvalue weighted by Crippen LogP contribution is -2.44. The van der Waals surface area contributed by atoms with Crippen LogP contribution in [0.15, 0.2) is 40.1 Å². The van der Waals surface area contributed by atoms with Gasteiger partial charge in [0.1, 0.15) is 10.0 Å². The fourth-order valence-corrected chi connectivity index (χ4v) is 6.33. The number of anilines is 1. The molecule has 1 saturated heterocycles. The minimum Gasteiger partial charge on any atom is -0.354 e. The van der Waals surface area contributed by atoms with Gasteiger partial charge in [-0.3, -0.25) is 0 Å². The van der Waals surface area contributed by atoms with Gasteiger partial charge in [-0.2, -0.15) is 0 Å². The predicted octanol–water partition coefficient (Wildman–Crippen LogP) is 3.05. The summed E-state index contributed by atoms with van der Waals surface area (Å²) in [5.74, 6) is 0.886. The van der Waals surface area contributed by atoms with Crippen LogP contribution in [0.3, 0.4) is 0 Å². The number of halogens is 1. The monoisotopic (exact) mass is 458 g/mol. The van der Waals surface area contributed by atoms with E-state index in [9.17, 15) is 8.42 Å². The lowest BCUT2D eigenvalue weighted by molar-refractivity contribution is 0.312. The SMILES string of the molecule is CN1CCN(c2nccc3sc(S(=O)(=O)NCCc4cccs4)cc23)CC1.Cl. The number of thiophene rings is 2. The van der Waals surface area contributed by atoms with Gasteiger partial charge in [0.2, 0.25) is 10.0 Å². The van der Waals surface area contributed by atoms with Gasteiger partial charge >= 0.3 is 0 Å². The molecule has 0 spiro atoms. The second-order valence-corrected chi connectivity index (χ2v) is 10.7. The number of nitrogens with one attached hydrogen (secondary N) is 1. The Bertz CT molecular complexity index is 1010. The van der Waals surface area contributed by atoms with Gasteiger partial charge in [0, 0.05) is 53.9 Å². The Morgan fingerprint density at radius 2 is 2.00 bits per heavy atom. The number of hydrogen-bond donors (Lipinski definition) is 1. The van der Waals surface area contributed by atoms with Gasteiger partial charge in [0.25, 0.3) is 0 Å². The molecule has 152 valence electrons. The van der Waals surface area contributed by atoms with Crippen LogP contribution in [-0.4, -0.2) is 58.1 Å². The number of hydrogen-bond acceptors (Lipinski definition) is 7. The van der Waals surface area contributed by atoms with E-state index in [1.807, 2.05) is 23.6 Å². The summed E-state index contributed by atoms with van der Waals surface area (Å²) >= 11 is 2.95. The summed E-state index contributed by atoms with van der Waals surface area (Å²) in [6, 6.07) is 7.66. The molecule has 3 aromatic rings. The molecule has 1 fully saturated rings. The molecule has 10 heteroatoms. The van der Waals surface area contributed by atoms with E-state index >= 15 is 0 Å². The Morgan fingerprint density at radius 1 is 1.21 bits per heavy atom. The van der Waals surface area contributed by atoms with E-state index in [1.165, 1.54) is 16.2 Å². The number of sulfonamides is 1. The largest absolute Gasteiger partial charge is 0.354 e. The second kappa shape index (κ2) is 9.06. The molecule has 0 radical (unpaired) electrons. The van der Waals surface area contributed by atoms with Crippen molar-refractivity contribution < 1.29 is 8.42 Å². The highest BCUT2D eigenvalue weighted by atomic mass is 35.5. The maximum atomic E-state index is 12.7. The average Bonchev–Trinajstić information content (AvgIpc) is 3.31. The highest BCUT2D eigenvalue weighted by molar-refractivity contribution is 7.91. The zero-order chi connectivity index (χ0) is 18.9. The van der Waals surface area contributed by atoms with Gasteiger partial charge in [0.05, 0.1) is 0 Å². The van der Waals surface area contributed by atoms with E-state index in [0.29, 0.717) is 17.2 Å². The molecule has 3 aromatic heterocycles. The van der Waals surface area contributed by atoms with E-state index in [2.05, 4.69) is 26.6 Å². The molecule has 0 atom stereocenters. The molecule has 0 aromatic carbocycles. The quantitative estimate of drug-likeness (QED) is 0.615. The van der Waals surface area contributed by atoms with Gasteiger partial charge in [0.15, 0.2) is 0 Å². The zero-order valence-corrected chi connectivity index (χ0v) is 18.8. The zero-order valence-electron chi connectivity index (χ0n) is 15.5. The fourth-order valence-electron chi connectivity index (χ4n) is 3.16. The van der Waals surface area contributed by atoms with E-state index in [0.717, 1.165) is 42.1 Å². The third-order valence-electron chi connectivity index (χ3n) is 4.71. The van der Waals surface area contributed by atoms with Crippen molar-refractivity contribution in [2.45, 2.75) is 10.6 Å². The minimum atomic E-state index is -3.51. The summed E-state index contributed by atoms with van der Waals surface area (Å²) < 4.78 is 29.5. The lowest BCUT2D eigenvalue weighted by atomic mass is 10.2. The van der Waals surface area contributed by atoms with Crippen molar-refractivity contribution in [2.75, 3.05) is 44.7 Å². The average molecular weight is 459 g/mol. The Kier molecular flexibility index (Phi) is 6.95. The molecule has 1 aliphatic heterocycles. The molecular formula is C18H23ClN4O2S3. The Hall–Kier alpha value is -1.23. The molecule has 28 heavy (non-hydrogen) atoms. The van der Waals surface area contributed by atoms with Gasteiger partial charge in [-0.15, -0.1) is 35.1 Å². The van der Waals surface area contributed by atoms with E-state index in [4.69, 9.17) is 0 Å². The molecule has 0 bridgehead atoms. The highest BCUT2D eigenvalue weighted by Crippen LogP contribution is 2.34. The summed E-state index contributed by atoms with van der Waals surface area (Å²) in [6.45, 7) is 4.18. The van der Waals surface area contributed by atoms with Crippen LogP contribution in [0.25, 0.3) is 10.1 Å². The molecular weight excluding hydrogens is 436 g/mol. The van der Waals surface area contributed by atoms with E-state index in [1.54, 1.807) is 23.6 Å². The molecule has 6 nitrogen and oxygen atoms in total. The number of rotatable bonds is 6. The van der Waals surface area contributed by atoms with Crippen molar-refractivity contribution in [2.24, 2.45) is 0 Å². The Balaban J connectivity index is 0.00000225. The van der Waals surface area contributed by atoms with Crippen LogP contribution >= 0.6 is 35.1 Å². The molecule has 4 rings (SSSR count). The smallest absolute Gasteiger partial charge is 0.250 e. The van der Waals surface area contributed by atoms with E-state index in [-0.39, 0.29) is 12.4 Å². The third-order valence-corrected chi connectivity index (χ3v) is 8.68. The van der Waals surface area contributed by atoms with Crippen molar-refractivity contribution in [1.82, 2.24) is 14.6 Å². The van der Waals surface area contributed by atoms with Gasteiger partial charge in [-0.05, 0) is 37.0 Å². The first-order valence-electron chi connectivity index (χ1n) is 8.87. The van der Waals surface area contributed by atoms with Crippen molar-refractivity contribution in [3.05, 3.63) is 40.7 Å². The molecule has 4 heterocycles. The van der Waals surface area contributed by atoms with Crippen LogP contribution in [0, 0.1) is 0 Å². The fraction of sp³-hybridized carbons (Fsp3) is 0.389. The Labute approximate surface area is 179 Å². The predicted molar refractivity (Wildman–Crippen MR) is 120 cm³/mol. The summed E-state index contributed by atoms with van der Waals surface area (Å²) in [4.78, 5) is 10.3. The third kappa shape index (κ3) is 4.67. The van der Waals surface area contributed by atoms with Crippen LogP contribution in [0.5, 0.6) is 0 Å². The van der Waals surface area contributed by atoms with Crippen LogP contribution < -0.4 is 9.62 Å². The number of likely N-dealkylation sites (N-methyl/N-ethyl adjacent to an activating group) is 1. The van der Waals surface area contributed by atoms with Gasteiger partial charge < -0.3 is 9.80 Å². The highest BCUT2D eigenvalue weighted by Gasteiger charge is 2.22. The summed E-state index contributed by atoms with van der Waals surface area (Å²) in [6.07, 6.45) is 2.48. The second-order valence-electron chi connectivity index (χ2n) is 6.63. The minimum absolute atomic E-state index is 0. The van der Waals surface area contributed by atoms with Crippen LogP contribution in [0.2, 0.25) is 0 Å². The number of nitrogens with zero attached hydrogens (tertiary/aromatic N) is 3. The molecule has 1 N–H and O–H groups in total. The number of fused-ring (bicyclic) bond motifs is 1. The summed E-state index contributed by atoms with van der Waals surface area (Å²) in [7, 11) is -1.40. The standard InChI is InChI=1S/C18H22N4O2S3.ClH/c1-21-8-10-22(11-9-21)18-15-13-17(26-16(15)5-6-19-18)27(23,24)20-7-4-14-3-2-12-25-14;/h2-3,5-6,12-13,20H,4,7-11H2,1H3;1H. The number of piperazine rings is 1. The first-order valence-corrected chi connectivity index (χ1v) is 12.0. The molecule has 0 unspecified atom stereocenters. The maximum absolute atomic E-state index is 12.7. The van der Waals surface area contributed by atoms with Crippen LogP contribution in [0.4, 0.5) is 5.82 Å². The van der Waals surface area contributed by atoms with Crippen molar-refractivity contribution in [3.63, 3.8) is 0 Å². The van der Waals surface area contributed by atoms with Gasteiger partial charge in [-0.1, -0.05) is 6.07 Å². The first-order chi connectivity index (χ1) is 13.0. The number of aromatic nitrogens is 1. The molecule has 0 aliphatic carbocycles. The number of pyridine rings is 1. The van der Waals surface area contributed by atoms with Crippen molar-refractivity contribution in [1.29, 1.82) is 0 Å². The molecule has 0 amide bonds. The summed E-state index contributed by atoms with van der Waals surface area (Å²) in [5.41, 5.74) is 0. The first kappa shape index (κ1) is 21.5. The normalized spacial score (nSPS) is 15.7. The Morgan fingerprint density at radius 3 is 2.71 bits per heavy atom. The summed E-state index contributed by atoms with van der Waals surface area (Å²) in [5, 5.41) is 2.92. The maximum Gasteiger partial charge on any atom is 0.250 e. The lowest BCUT2D eigenvalue weighted by Gasteiger charge is -2.33. The van der Waals surface area contributed by atoms with Crippen LogP contribution in [0.1, 0.15) is 4.88 Å².